The van der Waals surface area contributed by atoms with Crippen molar-refractivity contribution in [2.45, 2.75) is 17.2 Å². The van der Waals surface area contributed by atoms with Gasteiger partial charge in [0.15, 0.2) is 4.34 Å². The molecule has 1 atom stereocenters. The van der Waals surface area contributed by atoms with Crippen molar-refractivity contribution >= 4 is 22.1 Å². The van der Waals surface area contributed by atoms with Gasteiger partial charge in [0.1, 0.15) is 0 Å². The highest BCUT2D eigenvalue weighted by atomic mass is 32.2. The number of nitrogens with one attached hydrogen (secondary N) is 1. The maximum absolute atomic E-state index is 11.8. The van der Waals surface area contributed by atoms with Gasteiger partial charge in [-0.1, -0.05) is 0 Å². The molecule has 1 fully saturated rings. The lowest BCUT2D eigenvalue weighted by atomic mass is 10.0. The standard InChI is InChI=1S/C9H14N2OS2/c12-14(9-11-5-6-13-9)7-8-1-3-10-4-2-8/h5-6,8,10H,1-4,7H2. The molecule has 0 radical (unpaired) electrons. The molecule has 1 N–H and O–H groups in total. The molecule has 5 heteroatoms. The molecule has 2 heterocycles. The second-order valence-corrected chi connectivity index (χ2v) is 6.07. The Bertz CT molecular complexity index is 294. The molecule has 2 rings (SSSR count). The number of hydrogen-bond acceptors (Lipinski definition) is 4. The molecule has 0 aliphatic carbocycles. The molecule has 3 nitrogen and oxygen atoms in total. The fraction of sp³-hybridized carbons (Fsp3) is 0.667. The first-order chi connectivity index (χ1) is 6.86. The minimum absolute atomic E-state index is 0.612. The van der Waals surface area contributed by atoms with E-state index in [1.54, 1.807) is 6.20 Å². The topological polar surface area (TPSA) is 42.0 Å². The maximum atomic E-state index is 11.8. The third-order valence-corrected chi connectivity index (χ3v) is 5.13. The van der Waals surface area contributed by atoms with Crippen molar-refractivity contribution < 1.29 is 4.21 Å². The van der Waals surface area contributed by atoms with E-state index in [1.807, 2.05) is 5.38 Å². The normalized spacial score (nSPS) is 20.9. The fourth-order valence-corrected chi connectivity index (χ4v) is 3.90. The van der Waals surface area contributed by atoms with Crippen LogP contribution in [0.1, 0.15) is 12.8 Å². The van der Waals surface area contributed by atoms with Gasteiger partial charge in [0.05, 0.1) is 10.8 Å². The molecule has 0 amide bonds. The first-order valence-electron chi connectivity index (χ1n) is 4.85. The second-order valence-electron chi connectivity index (χ2n) is 3.50. The molecule has 0 saturated carbocycles. The third kappa shape index (κ3) is 2.62. The van der Waals surface area contributed by atoms with E-state index in [0.29, 0.717) is 5.92 Å². The second kappa shape index (κ2) is 5.00. The minimum atomic E-state index is -0.870. The van der Waals surface area contributed by atoms with E-state index in [-0.39, 0.29) is 0 Å². The van der Waals surface area contributed by atoms with Crippen LogP contribution < -0.4 is 5.32 Å². The third-order valence-electron chi connectivity index (χ3n) is 2.45. The monoisotopic (exact) mass is 230 g/mol. The van der Waals surface area contributed by atoms with Crippen LogP contribution in [-0.4, -0.2) is 28.0 Å². The summed E-state index contributed by atoms with van der Waals surface area (Å²) in [6.45, 7) is 2.14. The van der Waals surface area contributed by atoms with E-state index >= 15 is 0 Å². The maximum Gasteiger partial charge on any atom is 0.180 e. The van der Waals surface area contributed by atoms with Gasteiger partial charge in [0.2, 0.25) is 0 Å². The van der Waals surface area contributed by atoms with Crippen molar-refractivity contribution in [3.63, 3.8) is 0 Å². The van der Waals surface area contributed by atoms with E-state index in [4.69, 9.17) is 0 Å². The first kappa shape index (κ1) is 10.3. The van der Waals surface area contributed by atoms with Crippen LogP contribution in [0, 0.1) is 5.92 Å². The zero-order valence-corrected chi connectivity index (χ0v) is 9.57. The smallest absolute Gasteiger partial charge is 0.180 e. The molecule has 1 aliphatic rings. The largest absolute Gasteiger partial charge is 0.317 e. The van der Waals surface area contributed by atoms with Crippen LogP contribution in [0.3, 0.4) is 0 Å². The average Bonchev–Trinajstić information content (AvgIpc) is 2.72. The summed E-state index contributed by atoms with van der Waals surface area (Å²) in [4.78, 5) is 4.08. The predicted molar refractivity (Wildman–Crippen MR) is 59.0 cm³/mol. The molecular weight excluding hydrogens is 216 g/mol. The Morgan fingerprint density at radius 2 is 2.36 bits per heavy atom. The predicted octanol–water partition coefficient (Wildman–Crippen LogP) is 1.25. The van der Waals surface area contributed by atoms with E-state index < -0.39 is 10.8 Å². The van der Waals surface area contributed by atoms with Crippen LogP contribution in [0.4, 0.5) is 0 Å². The molecular formula is C9H14N2OS2. The lowest BCUT2D eigenvalue weighted by Crippen LogP contribution is -2.30. The van der Waals surface area contributed by atoms with Crippen LogP contribution in [0.25, 0.3) is 0 Å². The molecule has 1 aromatic rings. The van der Waals surface area contributed by atoms with Crippen LogP contribution in [0.5, 0.6) is 0 Å². The van der Waals surface area contributed by atoms with E-state index in [1.165, 1.54) is 11.3 Å². The van der Waals surface area contributed by atoms with Crippen molar-refractivity contribution in [2.75, 3.05) is 18.8 Å². The van der Waals surface area contributed by atoms with Crippen molar-refractivity contribution in [3.8, 4) is 0 Å². The molecule has 1 unspecified atom stereocenters. The summed E-state index contributed by atoms with van der Waals surface area (Å²) >= 11 is 1.49. The molecule has 14 heavy (non-hydrogen) atoms. The van der Waals surface area contributed by atoms with Crippen LogP contribution >= 0.6 is 11.3 Å². The number of thiazole rings is 1. The van der Waals surface area contributed by atoms with Gasteiger partial charge in [-0.25, -0.2) is 4.98 Å². The van der Waals surface area contributed by atoms with Crippen molar-refractivity contribution in [1.29, 1.82) is 0 Å². The SMILES string of the molecule is O=S(CC1CCNCC1)c1nccs1. The van der Waals surface area contributed by atoms with E-state index in [0.717, 1.165) is 36.0 Å². The summed E-state index contributed by atoms with van der Waals surface area (Å²) in [5.41, 5.74) is 0. The lowest BCUT2D eigenvalue weighted by Gasteiger charge is -2.21. The van der Waals surface area contributed by atoms with E-state index in [2.05, 4.69) is 10.3 Å². The van der Waals surface area contributed by atoms with Gasteiger partial charge in [-0.3, -0.25) is 4.21 Å². The molecule has 1 aliphatic heterocycles. The first-order valence-corrected chi connectivity index (χ1v) is 7.04. The number of rotatable bonds is 3. The van der Waals surface area contributed by atoms with Gasteiger partial charge in [-0.05, 0) is 31.8 Å². The zero-order valence-electron chi connectivity index (χ0n) is 7.94. The summed E-state index contributed by atoms with van der Waals surface area (Å²) in [5.74, 6) is 1.40. The summed E-state index contributed by atoms with van der Waals surface area (Å²) in [6, 6.07) is 0. The number of piperidine rings is 1. The lowest BCUT2D eigenvalue weighted by molar-refractivity contribution is 0.405. The summed E-state index contributed by atoms with van der Waals surface area (Å²) < 4.78 is 12.6. The molecule has 1 aromatic heterocycles. The Balaban J connectivity index is 1.87. The number of nitrogens with zero attached hydrogens (tertiary/aromatic N) is 1. The Kier molecular flexibility index (Phi) is 3.67. The Labute approximate surface area is 90.4 Å². The van der Waals surface area contributed by atoms with Crippen molar-refractivity contribution in [1.82, 2.24) is 10.3 Å². The Morgan fingerprint density at radius 3 is 3.00 bits per heavy atom. The van der Waals surface area contributed by atoms with Gasteiger partial charge < -0.3 is 5.32 Å². The summed E-state index contributed by atoms with van der Waals surface area (Å²) in [6.07, 6.45) is 4.02. The summed E-state index contributed by atoms with van der Waals surface area (Å²) in [5, 5.41) is 5.20. The van der Waals surface area contributed by atoms with Crippen LogP contribution in [0.2, 0.25) is 0 Å². The number of hydrogen-bond donors (Lipinski definition) is 1. The Morgan fingerprint density at radius 1 is 1.57 bits per heavy atom. The van der Waals surface area contributed by atoms with Gasteiger partial charge in [-0.2, -0.15) is 0 Å². The average molecular weight is 230 g/mol. The van der Waals surface area contributed by atoms with E-state index in [9.17, 15) is 4.21 Å². The highest BCUT2D eigenvalue weighted by molar-refractivity contribution is 7.87. The molecule has 78 valence electrons. The van der Waals surface area contributed by atoms with Crippen molar-refractivity contribution in [2.24, 2.45) is 5.92 Å². The number of aromatic nitrogens is 1. The van der Waals surface area contributed by atoms with Gasteiger partial charge in [0, 0.05) is 17.3 Å². The Hall–Kier alpha value is -0.260. The highest BCUT2D eigenvalue weighted by Crippen LogP contribution is 2.18. The quantitative estimate of drug-likeness (QED) is 0.850. The van der Waals surface area contributed by atoms with Crippen LogP contribution in [-0.2, 0) is 10.8 Å². The van der Waals surface area contributed by atoms with Crippen LogP contribution in [0.15, 0.2) is 15.9 Å². The minimum Gasteiger partial charge on any atom is -0.317 e. The molecule has 0 aromatic carbocycles. The molecule has 0 bridgehead atoms. The van der Waals surface area contributed by atoms with Gasteiger partial charge >= 0.3 is 0 Å². The van der Waals surface area contributed by atoms with Gasteiger partial charge in [0.25, 0.3) is 0 Å². The zero-order chi connectivity index (χ0) is 9.80. The van der Waals surface area contributed by atoms with Crippen molar-refractivity contribution in [3.05, 3.63) is 11.6 Å². The molecule has 1 saturated heterocycles. The summed E-state index contributed by atoms with van der Waals surface area (Å²) in [7, 11) is -0.870. The highest BCUT2D eigenvalue weighted by Gasteiger charge is 2.17. The fourth-order valence-electron chi connectivity index (χ4n) is 1.66. The van der Waals surface area contributed by atoms with Gasteiger partial charge in [-0.15, -0.1) is 11.3 Å². The molecule has 0 spiro atoms.